The second-order valence-electron chi connectivity index (χ2n) is 8.08. The number of carbonyl (C=O) groups is 1. The topological polar surface area (TPSA) is 32.3 Å². The Balaban J connectivity index is 1.63. The summed E-state index contributed by atoms with van der Waals surface area (Å²) in [6, 6.07) is 23.8. The van der Waals surface area contributed by atoms with Gasteiger partial charge in [0, 0.05) is 18.7 Å². The molecule has 2 atom stereocenters. The Hall–Kier alpha value is -3.07. The summed E-state index contributed by atoms with van der Waals surface area (Å²) in [6.45, 7) is 8.02. The minimum absolute atomic E-state index is 0.106. The van der Waals surface area contributed by atoms with Crippen LogP contribution < -0.4 is 10.2 Å². The lowest BCUT2D eigenvalue weighted by atomic mass is 9.89. The van der Waals surface area contributed by atoms with Gasteiger partial charge in [-0.2, -0.15) is 0 Å². The summed E-state index contributed by atoms with van der Waals surface area (Å²) < 4.78 is 0. The van der Waals surface area contributed by atoms with E-state index >= 15 is 0 Å². The van der Waals surface area contributed by atoms with E-state index in [1.54, 1.807) is 6.92 Å². The number of nitrogens with one attached hydrogen (secondary N) is 1. The first-order valence-electron chi connectivity index (χ1n) is 10.3. The van der Waals surface area contributed by atoms with Gasteiger partial charge in [-0.1, -0.05) is 54.6 Å². The van der Waals surface area contributed by atoms with Crippen molar-refractivity contribution in [3.63, 3.8) is 0 Å². The molecular formula is C26H28N2O. The lowest BCUT2D eigenvalue weighted by molar-refractivity contribution is -0.117. The molecule has 0 bridgehead atoms. The maximum Gasteiger partial charge on any atom is 0.224 e. The van der Waals surface area contributed by atoms with Crippen molar-refractivity contribution in [2.24, 2.45) is 0 Å². The van der Waals surface area contributed by atoms with E-state index in [1.165, 1.54) is 22.3 Å². The minimum atomic E-state index is 0.106. The quantitative estimate of drug-likeness (QED) is 0.577. The van der Waals surface area contributed by atoms with E-state index in [2.05, 4.69) is 92.8 Å². The molecule has 0 saturated carbocycles. The number of benzene rings is 3. The Morgan fingerprint density at radius 3 is 2.31 bits per heavy atom. The summed E-state index contributed by atoms with van der Waals surface area (Å²) in [5.74, 6) is 0.106. The highest BCUT2D eigenvalue weighted by atomic mass is 16.2. The summed E-state index contributed by atoms with van der Waals surface area (Å²) >= 11 is 0. The predicted molar refractivity (Wildman–Crippen MR) is 121 cm³/mol. The molecule has 0 aliphatic carbocycles. The average molecular weight is 385 g/mol. The largest absolute Gasteiger partial charge is 0.378 e. The van der Waals surface area contributed by atoms with Crippen molar-refractivity contribution < 1.29 is 4.79 Å². The Bertz CT molecular complexity index is 1040. The van der Waals surface area contributed by atoms with Crippen LogP contribution in [0.3, 0.4) is 0 Å². The van der Waals surface area contributed by atoms with E-state index in [0.29, 0.717) is 0 Å². The van der Waals surface area contributed by atoms with Crippen molar-refractivity contribution in [1.82, 2.24) is 0 Å². The van der Waals surface area contributed by atoms with E-state index in [9.17, 15) is 4.79 Å². The van der Waals surface area contributed by atoms with Gasteiger partial charge in [0.15, 0.2) is 0 Å². The van der Waals surface area contributed by atoms with E-state index in [4.69, 9.17) is 0 Å². The molecule has 0 aromatic heterocycles. The second kappa shape index (κ2) is 7.75. The zero-order valence-electron chi connectivity index (χ0n) is 17.6. The van der Waals surface area contributed by atoms with E-state index < -0.39 is 0 Å². The lowest BCUT2D eigenvalue weighted by Gasteiger charge is -2.40. The summed E-state index contributed by atoms with van der Waals surface area (Å²) in [5.41, 5.74) is 8.28. The van der Waals surface area contributed by atoms with Gasteiger partial charge in [-0.3, -0.25) is 4.79 Å². The molecule has 1 aliphatic heterocycles. The van der Waals surface area contributed by atoms with Crippen molar-refractivity contribution in [3.05, 3.63) is 83.4 Å². The Labute approximate surface area is 173 Å². The average Bonchev–Trinajstić information content (AvgIpc) is 2.69. The third kappa shape index (κ3) is 3.65. The number of nitrogens with zero attached hydrogens (tertiary/aromatic N) is 1. The predicted octanol–water partition coefficient (Wildman–Crippen LogP) is 6.27. The van der Waals surface area contributed by atoms with Gasteiger partial charge in [-0.25, -0.2) is 0 Å². The fourth-order valence-corrected chi connectivity index (χ4v) is 4.53. The molecule has 0 saturated heterocycles. The van der Waals surface area contributed by atoms with Gasteiger partial charge >= 0.3 is 0 Å². The zero-order valence-corrected chi connectivity index (χ0v) is 17.6. The fraction of sp³-hybridized carbons (Fsp3) is 0.269. The van der Waals surface area contributed by atoms with Gasteiger partial charge in [0.05, 0.1) is 11.7 Å². The fourth-order valence-electron chi connectivity index (χ4n) is 4.53. The van der Waals surface area contributed by atoms with Crippen molar-refractivity contribution in [1.29, 1.82) is 0 Å². The molecule has 3 aromatic rings. The van der Waals surface area contributed by atoms with Crippen LogP contribution in [0.4, 0.5) is 11.4 Å². The van der Waals surface area contributed by atoms with Gasteiger partial charge in [-0.05, 0) is 67.1 Å². The number of rotatable bonds is 3. The van der Waals surface area contributed by atoms with Crippen LogP contribution in [0.5, 0.6) is 0 Å². The van der Waals surface area contributed by atoms with E-state index in [0.717, 1.165) is 23.4 Å². The number of hydrogen-bond donors (Lipinski definition) is 1. The first-order valence-corrected chi connectivity index (χ1v) is 10.3. The van der Waals surface area contributed by atoms with Crippen LogP contribution in [0, 0.1) is 13.8 Å². The van der Waals surface area contributed by atoms with Gasteiger partial charge in [-0.15, -0.1) is 0 Å². The summed E-state index contributed by atoms with van der Waals surface area (Å²) in [4.78, 5) is 14.2. The van der Waals surface area contributed by atoms with Crippen LogP contribution in [0.25, 0.3) is 11.1 Å². The monoisotopic (exact) mass is 384 g/mol. The highest BCUT2D eigenvalue weighted by Gasteiger charge is 2.33. The Morgan fingerprint density at radius 2 is 1.62 bits per heavy atom. The molecule has 148 valence electrons. The number of carbonyl (C=O) groups excluding carboxylic acids is 1. The Morgan fingerprint density at radius 1 is 0.931 bits per heavy atom. The number of aryl methyl sites for hydroxylation is 2. The number of anilines is 2. The van der Waals surface area contributed by atoms with Gasteiger partial charge in [0.1, 0.15) is 0 Å². The van der Waals surface area contributed by atoms with Crippen LogP contribution >= 0.6 is 0 Å². The third-order valence-electron chi connectivity index (χ3n) is 5.92. The van der Waals surface area contributed by atoms with Crippen LogP contribution in [0.1, 0.15) is 43.0 Å². The van der Waals surface area contributed by atoms with Gasteiger partial charge in [0.25, 0.3) is 0 Å². The molecule has 1 N–H and O–H groups in total. The number of para-hydroxylation sites is 1. The number of hydrogen-bond acceptors (Lipinski definition) is 2. The molecule has 1 aliphatic rings. The van der Waals surface area contributed by atoms with Gasteiger partial charge in [0.2, 0.25) is 5.91 Å². The van der Waals surface area contributed by atoms with Crippen molar-refractivity contribution in [2.75, 3.05) is 10.2 Å². The molecule has 4 rings (SSSR count). The lowest BCUT2D eigenvalue weighted by Crippen LogP contribution is -2.43. The van der Waals surface area contributed by atoms with Gasteiger partial charge < -0.3 is 10.2 Å². The summed E-state index contributed by atoms with van der Waals surface area (Å²) in [6.07, 6.45) is 0.885. The van der Waals surface area contributed by atoms with Crippen molar-refractivity contribution >= 4 is 17.3 Å². The van der Waals surface area contributed by atoms with Crippen LogP contribution in [0.15, 0.2) is 66.7 Å². The van der Waals surface area contributed by atoms with E-state index in [1.807, 2.05) is 4.90 Å². The molecule has 1 heterocycles. The maximum absolute atomic E-state index is 12.3. The standard InChI is InChI=1S/C26H28N2O/c1-17-8-5-6-10-23(17)21-12-14-22(15-13-21)27-25-16-19(3)28(20(4)29)26-18(2)9-7-11-24(25)26/h5-15,19,25,27H,16H2,1-4H3. The van der Waals surface area contributed by atoms with E-state index in [-0.39, 0.29) is 18.0 Å². The highest BCUT2D eigenvalue weighted by molar-refractivity contribution is 5.94. The second-order valence-corrected chi connectivity index (χ2v) is 8.08. The van der Waals surface area contributed by atoms with Crippen LogP contribution in [0.2, 0.25) is 0 Å². The summed E-state index contributed by atoms with van der Waals surface area (Å²) in [7, 11) is 0. The number of fused-ring (bicyclic) bond motifs is 1. The SMILES string of the molecule is CC(=O)N1c2c(C)cccc2C(Nc2ccc(-c3ccccc3C)cc2)CC1C. The normalized spacial score (nSPS) is 18.3. The van der Waals surface area contributed by atoms with Crippen molar-refractivity contribution in [3.8, 4) is 11.1 Å². The molecule has 3 aromatic carbocycles. The van der Waals surface area contributed by atoms with Crippen molar-refractivity contribution in [2.45, 2.75) is 46.2 Å². The zero-order chi connectivity index (χ0) is 20.5. The first kappa shape index (κ1) is 19.3. The minimum Gasteiger partial charge on any atom is -0.378 e. The number of amides is 1. The highest BCUT2D eigenvalue weighted by Crippen LogP contribution is 2.41. The maximum atomic E-state index is 12.3. The van der Waals surface area contributed by atoms with Crippen LogP contribution in [-0.4, -0.2) is 11.9 Å². The molecule has 0 fully saturated rings. The third-order valence-corrected chi connectivity index (χ3v) is 5.92. The molecule has 2 unspecified atom stereocenters. The molecule has 0 spiro atoms. The smallest absolute Gasteiger partial charge is 0.224 e. The summed E-state index contributed by atoms with van der Waals surface area (Å²) in [5, 5.41) is 3.71. The van der Waals surface area contributed by atoms with Crippen LogP contribution in [-0.2, 0) is 4.79 Å². The molecule has 3 heteroatoms. The molecular weight excluding hydrogens is 356 g/mol. The first-order chi connectivity index (χ1) is 14.0. The molecule has 3 nitrogen and oxygen atoms in total. The Kier molecular flexibility index (Phi) is 5.14. The molecule has 29 heavy (non-hydrogen) atoms. The molecule has 0 radical (unpaired) electrons. The molecule has 1 amide bonds.